The van der Waals surface area contributed by atoms with E-state index in [1.165, 1.54) is 6.20 Å². The molecule has 0 aromatic carbocycles. The molecule has 1 amide bonds. The number of aliphatic hydroxyl groups is 1. The third-order valence-electron chi connectivity index (χ3n) is 5.91. The van der Waals surface area contributed by atoms with Gasteiger partial charge in [-0.3, -0.25) is 9.78 Å². The number of aromatic nitrogens is 5. The van der Waals surface area contributed by atoms with E-state index in [4.69, 9.17) is 9.68 Å². The van der Waals surface area contributed by atoms with E-state index in [-0.39, 0.29) is 36.3 Å². The zero-order valence-electron chi connectivity index (χ0n) is 19.3. The molecule has 11 heteroatoms. The fourth-order valence-electron chi connectivity index (χ4n) is 4.17. The summed E-state index contributed by atoms with van der Waals surface area (Å²) in [6.45, 7) is 5.09. The SMILES string of the molecule is CC(C)Nc1cc(-c2ccc3cc(C#N)cnn23)ncc1-c1nnc(C(=O)N2CC[C@@H](CO)C2)o1. The summed E-state index contributed by atoms with van der Waals surface area (Å²) in [5, 5.41) is 34.3. The summed E-state index contributed by atoms with van der Waals surface area (Å²) < 4.78 is 7.48. The molecule has 0 aliphatic carbocycles. The Hall–Kier alpha value is -4.30. The Bertz CT molecular complexity index is 1430. The van der Waals surface area contributed by atoms with Crippen molar-refractivity contribution in [3.8, 4) is 28.9 Å². The van der Waals surface area contributed by atoms with E-state index >= 15 is 0 Å². The van der Waals surface area contributed by atoms with Gasteiger partial charge in [-0.2, -0.15) is 10.4 Å². The van der Waals surface area contributed by atoms with Crippen molar-refractivity contribution in [2.45, 2.75) is 26.3 Å². The van der Waals surface area contributed by atoms with E-state index in [2.05, 4.69) is 31.7 Å². The van der Waals surface area contributed by atoms with Gasteiger partial charge in [0.2, 0.25) is 0 Å². The number of aliphatic hydroxyl groups excluding tert-OH is 1. The molecule has 1 saturated heterocycles. The average Bonchev–Trinajstić information content (AvgIpc) is 3.62. The van der Waals surface area contributed by atoms with Crippen LogP contribution in [0.4, 0.5) is 5.69 Å². The Morgan fingerprint density at radius 1 is 1.31 bits per heavy atom. The van der Waals surface area contributed by atoms with Crippen molar-refractivity contribution in [2.24, 2.45) is 5.92 Å². The zero-order chi connectivity index (χ0) is 24.5. The van der Waals surface area contributed by atoms with E-state index in [0.29, 0.717) is 29.9 Å². The molecule has 178 valence electrons. The lowest BCUT2D eigenvalue weighted by atomic mass is 10.1. The molecule has 1 fully saturated rings. The van der Waals surface area contributed by atoms with E-state index in [1.807, 2.05) is 32.0 Å². The Morgan fingerprint density at radius 2 is 2.17 bits per heavy atom. The Kier molecular flexibility index (Phi) is 5.88. The van der Waals surface area contributed by atoms with Gasteiger partial charge in [-0.25, -0.2) is 4.52 Å². The first-order valence-corrected chi connectivity index (χ1v) is 11.4. The van der Waals surface area contributed by atoms with Crippen molar-refractivity contribution < 1.29 is 14.3 Å². The van der Waals surface area contributed by atoms with Crippen LogP contribution in [0.15, 0.2) is 41.1 Å². The molecule has 5 heterocycles. The van der Waals surface area contributed by atoms with Gasteiger partial charge in [-0.15, -0.1) is 10.2 Å². The largest absolute Gasteiger partial charge is 0.412 e. The molecule has 0 saturated carbocycles. The van der Waals surface area contributed by atoms with Crippen molar-refractivity contribution >= 4 is 17.1 Å². The van der Waals surface area contributed by atoms with Crippen molar-refractivity contribution in [1.29, 1.82) is 5.26 Å². The van der Waals surface area contributed by atoms with Crippen LogP contribution in [0, 0.1) is 17.2 Å². The second-order valence-corrected chi connectivity index (χ2v) is 8.83. The summed E-state index contributed by atoms with van der Waals surface area (Å²) in [7, 11) is 0. The molecule has 2 N–H and O–H groups in total. The monoisotopic (exact) mass is 472 g/mol. The molecule has 5 rings (SSSR count). The quantitative estimate of drug-likeness (QED) is 0.432. The van der Waals surface area contributed by atoms with Gasteiger partial charge >= 0.3 is 11.8 Å². The van der Waals surface area contributed by atoms with Gasteiger partial charge in [0.15, 0.2) is 0 Å². The van der Waals surface area contributed by atoms with Crippen LogP contribution in [0.3, 0.4) is 0 Å². The number of nitrogens with one attached hydrogen (secondary N) is 1. The van der Waals surface area contributed by atoms with Crippen molar-refractivity contribution in [1.82, 2.24) is 29.7 Å². The van der Waals surface area contributed by atoms with Crippen LogP contribution in [0.5, 0.6) is 0 Å². The summed E-state index contributed by atoms with van der Waals surface area (Å²) in [5.74, 6) is -0.172. The third-order valence-corrected chi connectivity index (χ3v) is 5.91. The molecule has 1 aliphatic rings. The number of pyridine rings is 1. The van der Waals surface area contributed by atoms with E-state index < -0.39 is 0 Å². The number of fused-ring (bicyclic) bond motifs is 1. The van der Waals surface area contributed by atoms with Gasteiger partial charge in [0.05, 0.1) is 39.9 Å². The maximum atomic E-state index is 12.8. The minimum atomic E-state index is -0.342. The van der Waals surface area contributed by atoms with Crippen LogP contribution >= 0.6 is 0 Å². The fraction of sp³-hybridized carbons (Fsp3) is 0.333. The second kappa shape index (κ2) is 9.15. The standard InChI is InChI=1S/C24H24N8O3/c1-14(2)28-19-8-20(21-4-3-17-7-16(9-25)10-27-32(17)21)26-11-18(19)22-29-30-23(35-22)24(34)31-6-5-15(12-31)13-33/h3-4,7-8,10-11,14-15,33H,5-6,12-13H2,1-2H3,(H,26,28)/t15-/m1/s1. The number of nitrogens with zero attached hydrogens (tertiary/aromatic N) is 7. The van der Waals surface area contributed by atoms with Gasteiger partial charge in [0.1, 0.15) is 6.07 Å². The first-order chi connectivity index (χ1) is 17.0. The molecular formula is C24H24N8O3. The van der Waals surface area contributed by atoms with Crippen molar-refractivity contribution in [2.75, 3.05) is 25.0 Å². The molecule has 0 spiro atoms. The number of hydrogen-bond acceptors (Lipinski definition) is 9. The van der Waals surface area contributed by atoms with Gasteiger partial charge in [0, 0.05) is 37.9 Å². The molecule has 0 unspecified atom stereocenters. The molecule has 11 nitrogen and oxygen atoms in total. The van der Waals surface area contributed by atoms with Crippen LogP contribution in [0.2, 0.25) is 0 Å². The fourth-order valence-corrected chi connectivity index (χ4v) is 4.17. The van der Waals surface area contributed by atoms with Gasteiger partial charge in [-0.1, -0.05) is 0 Å². The molecule has 0 radical (unpaired) electrons. The molecule has 35 heavy (non-hydrogen) atoms. The summed E-state index contributed by atoms with van der Waals surface area (Å²) in [6, 6.07) is 9.60. The minimum Gasteiger partial charge on any atom is -0.412 e. The molecule has 4 aromatic heterocycles. The molecule has 4 aromatic rings. The highest BCUT2D eigenvalue weighted by Gasteiger charge is 2.30. The number of anilines is 1. The van der Waals surface area contributed by atoms with Crippen LogP contribution in [0.25, 0.3) is 28.4 Å². The highest BCUT2D eigenvalue weighted by atomic mass is 16.4. The summed E-state index contributed by atoms with van der Waals surface area (Å²) in [6.07, 6.45) is 3.89. The van der Waals surface area contributed by atoms with Crippen LogP contribution in [-0.4, -0.2) is 66.4 Å². The van der Waals surface area contributed by atoms with E-state index in [1.54, 1.807) is 21.7 Å². The maximum Gasteiger partial charge on any atom is 0.311 e. The molecule has 1 atom stereocenters. The predicted octanol–water partition coefficient (Wildman–Crippen LogP) is 2.59. The van der Waals surface area contributed by atoms with E-state index in [9.17, 15) is 9.90 Å². The Labute approximate surface area is 201 Å². The summed E-state index contributed by atoms with van der Waals surface area (Å²) >= 11 is 0. The smallest absolute Gasteiger partial charge is 0.311 e. The topological polar surface area (TPSA) is 145 Å². The molecule has 1 aliphatic heterocycles. The minimum absolute atomic E-state index is 0.0487. The molecule has 0 bridgehead atoms. The number of nitriles is 1. The Morgan fingerprint density at radius 3 is 2.91 bits per heavy atom. The van der Waals surface area contributed by atoms with Gasteiger partial charge in [0.25, 0.3) is 5.89 Å². The summed E-state index contributed by atoms with van der Waals surface area (Å²) in [5.41, 5.74) is 3.99. The first-order valence-electron chi connectivity index (χ1n) is 11.4. The number of carbonyl (C=O) groups excluding carboxylic acids is 1. The number of rotatable bonds is 6. The second-order valence-electron chi connectivity index (χ2n) is 8.83. The highest BCUT2D eigenvalue weighted by molar-refractivity contribution is 5.90. The zero-order valence-corrected chi connectivity index (χ0v) is 19.3. The highest BCUT2D eigenvalue weighted by Crippen LogP contribution is 2.32. The van der Waals surface area contributed by atoms with Crippen LogP contribution < -0.4 is 5.32 Å². The van der Waals surface area contributed by atoms with Gasteiger partial charge in [-0.05, 0) is 44.5 Å². The predicted molar refractivity (Wildman–Crippen MR) is 126 cm³/mol. The van der Waals surface area contributed by atoms with Gasteiger partial charge < -0.3 is 19.7 Å². The number of hydrogen-bond donors (Lipinski definition) is 2. The average molecular weight is 473 g/mol. The Balaban J connectivity index is 1.48. The number of amides is 1. The van der Waals surface area contributed by atoms with E-state index in [0.717, 1.165) is 23.3 Å². The first kappa shape index (κ1) is 22.5. The lowest BCUT2D eigenvalue weighted by molar-refractivity contribution is 0.0743. The third kappa shape index (κ3) is 4.31. The lowest BCUT2D eigenvalue weighted by Crippen LogP contribution is -2.29. The molecular weight excluding hydrogens is 448 g/mol. The van der Waals surface area contributed by atoms with Crippen LogP contribution in [-0.2, 0) is 0 Å². The number of likely N-dealkylation sites (tertiary alicyclic amines) is 1. The van der Waals surface area contributed by atoms with Crippen molar-refractivity contribution in [3.05, 3.63) is 48.1 Å². The summed E-state index contributed by atoms with van der Waals surface area (Å²) in [4.78, 5) is 19.0. The normalized spacial score (nSPS) is 15.6. The maximum absolute atomic E-state index is 12.8. The van der Waals surface area contributed by atoms with Crippen molar-refractivity contribution in [3.63, 3.8) is 0 Å². The number of carbonyl (C=O) groups is 1. The lowest BCUT2D eigenvalue weighted by Gasteiger charge is -2.14. The van der Waals surface area contributed by atoms with Crippen LogP contribution in [0.1, 0.15) is 36.5 Å².